The average molecular weight is 356 g/mol. The molecule has 7 heteroatoms. The molecule has 1 atom stereocenters. The van der Waals surface area contributed by atoms with E-state index >= 15 is 0 Å². The van der Waals surface area contributed by atoms with Gasteiger partial charge in [0.2, 0.25) is 11.1 Å². The molecule has 1 aromatic carbocycles. The zero-order valence-electron chi connectivity index (χ0n) is 14.3. The topological polar surface area (TPSA) is 69.0 Å². The number of anilines is 1. The Kier molecular flexibility index (Phi) is 4.25. The van der Waals surface area contributed by atoms with E-state index in [9.17, 15) is 4.79 Å². The molecule has 0 bridgehead atoms. The summed E-state index contributed by atoms with van der Waals surface area (Å²) < 4.78 is 7.11. The molecule has 0 saturated heterocycles. The van der Waals surface area contributed by atoms with Crippen LogP contribution < -0.4 is 10.1 Å². The summed E-state index contributed by atoms with van der Waals surface area (Å²) >= 11 is 1.60. The van der Waals surface area contributed by atoms with E-state index < -0.39 is 0 Å². The summed E-state index contributed by atoms with van der Waals surface area (Å²) in [5, 5.41) is 8.73. The van der Waals surface area contributed by atoms with Crippen LogP contribution in [0.1, 0.15) is 37.8 Å². The van der Waals surface area contributed by atoms with E-state index in [2.05, 4.69) is 22.3 Å². The van der Waals surface area contributed by atoms with E-state index in [1.54, 1.807) is 18.9 Å². The molecule has 0 fully saturated rings. The number of nitrogens with zero attached hydrogens (tertiary/aromatic N) is 3. The largest absolute Gasteiger partial charge is 0.497 e. The highest BCUT2D eigenvalue weighted by atomic mass is 32.2. The first-order valence-electron chi connectivity index (χ1n) is 8.47. The molecule has 1 aromatic heterocycles. The van der Waals surface area contributed by atoms with Gasteiger partial charge in [-0.1, -0.05) is 30.8 Å². The fraction of sp³-hybridized carbons (Fsp3) is 0.389. The number of allylic oxidation sites excluding steroid dienone is 2. The number of ketones is 1. The molecule has 25 heavy (non-hydrogen) atoms. The van der Waals surface area contributed by atoms with Crippen molar-refractivity contribution in [1.29, 1.82) is 0 Å². The number of methoxy groups -OCH3 is 1. The van der Waals surface area contributed by atoms with Crippen molar-refractivity contribution in [3.05, 3.63) is 41.1 Å². The molecule has 6 nitrogen and oxygen atoms in total. The van der Waals surface area contributed by atoms with Gasteiger partial charge in [0.1, 0.15) is 11.8 Å². The number of benzene rings is 1. The number of carbonyl (C=O) groups excluding carboxylic acids is 1. The van der Waals surface area contributed by atoms with E-state index in [0.29, 0.717) is 12.4 Å². The Morgan fingerprint density at radius 2 is 2.12 bits per heavy atom. The van der Waals surface area contributed by atoms with Crippen molar-refractivity contribution in [2.24, 2.45) is 0 Å². The van der Waals surface area contributed by atoms with Crippen molar-refractivity contribution in [2.45, 2.75) is 37.4 Å². The molecule has 1 aliphatic heterocycles. The van der Waals surface area contributed by atoms with Crippen LogP contribution in [0.15, 0.2) is 40.7 Å². The minimum Gasteiger partial charge on any atom is -0.497 e. The Morgan fingerprint density at radius 1 is 1.32 bits per heavy atom. The van der Waals surface area contributed by atoms with Crippen molar-refractivity contribution < 1.29 is 9.53 Å². The molecule has 0 spiro atoms. The number of carbonyl (C=O) groups is 1. The van der Waals surface area contributed by atoms with Gasteiger partial charge in [-0.25, -0.2) is 4.68 Å². The van der Waals surface area contributed by atoms with Crippen LogP contribution in [-0.4, -0.2) is 33.4 Å². The van der Waals surface area contributed by atoms with Crippen LogP contribution in [0.4, 0.5) is 5.95 Å². The lowest BCUT2D eigenvalue weighted by molar-refractivity contribution is -0.116. The van der Waals surface area contributed by atoms with Crippen LogP contribution in [0.25, 0.3) is 0 Å². The second kappa shape index (κ2) is 6.55. The number of fused-ring (bicyclic) bond motifs is 1. The smallest absolute Gasteiger partial charge is 0.227 e. The number of aromatic nitrogens is 3. The quantitative estimate of drug-likeness (QED) is 0.847. The molecule has 1 aliphatic carbocycles. The van der Waals surface area contributed by atoms with Crippen LogP contribution in [-0.2, 0) is 4.79 Å². The van der Waals surface area contributed by atoms with Crippen molar-refractivity contribution in [1.82, 2.24) is 14.8 Å². The first kappa shape index (κ1) is 16.2. The summed E-state index contributed by atoms with van der Waals surface area (Å²) in [6.45, 7) is 2.08. The van der Waals surface area contributed by atoms with Gasteiger partial charge < -0.3 is 10.1 Å². The van der Waals surface area contributed by atoms with Crippen LogP contribution in [0.3, 0.4) is 0 Å². The summed E-state index contributed by atoms with van der Waals surface area (Å²) in [6.07, 6.45) is 2.34. The van der Waals surface area contributed by atoms with Gasteiger partial charge in [-0.2, -0.15) is 4.98 Å². The fourth-order valence-corrected chi connectivity index (χ4v) is 3.98. The number of hydrogen-bond acceptors (Lipinski definition) is 6. The van der Waals surface area contributed by atoms with Gasteiger partial charge in [-0.05, 0) is 36.3 Å². The first-order valence-corrected chi connectivity index (χ1v) is 9.46. The molecule has 1 N–H and O–H groups in total. The summed E-state index contributed by atoms with van der Waals surface area (Å²) in [5.74, 6) is 2.61. The fourth-order valence-electron chi connectivity index (χ4n) is 3.42. The Hall–Kier alpha value is -2.28. The second-order valence-electron chi connectivity index (χ2n) is 6.07. The minimum absolute atomic E-state index is 0.195. The molecule has 0 amide bonds. The summed E-state index contributed by atoms with van der Waals surface area (Å²) in [5.41, 5.74) is 2.83. The number of thioether (sulfide) groups is 1. The Bertz CT molecular complexity index is 841. The van der Waals surface area contributed by atoms with E-state index in [1.165, 1.54) is 0 Å². The van der Waals surface area contributed by atoms with Gasteiger partial charge in [0.25, 0.3) is 0 Å². The molecule has 0 radical (unpaired) electrons. The highest BCUT2D eigenvalue weighted by Crippen LogP contribution is 2.40. The van der Waals surface area contributed by atoms with Gasteiger partial charge in [0, 0.05) is 17.7 Å². The first-order chi connectivity index (χ1) is 12.2. The lowest BCUT2D eigenvalue weighted by atomic mass is 9.85. The van der Waals surface area contributed by atoms with Crippen LogP contribution in [0.5, 0.6) is 5.75 Å². The number of hydrogen-bond donors (Lipinski definition) is 1. The molecule has 0 saturated carbocycles. The number of ether oxygens (including phenoxy) is 1. The van der Waals surface area contributed by atoms with E-state index in [-0.39, 0.29) is 11.8 Å². The van der Waals surface area contributed by atoms with Crippen molar-refractivity contribution in [3.8, 4) is 5.75 Å². The summed E-state index contributed by atoms with van der Waals surface area (Å²) in [4.78, 5) is 17.3. The Labute approximate surface area is 150 Å². The molecule has 0 unspecified atom stereocenters. The molecule has 4 rings (SSSR count). The SMILES string of the molecule is CCSc1nc2n(n1)[C@H](c1ccc(OC)cc1)C1=C(CCCC1=O)N2. The summed E-state index contributed by atoms with van der Waals surface area (Å²) in [7, 11) is 1.65. The van der Waals surface area contributed by atoms with Crippen molar-refractivity contribution >= 4 is 23.5 Å². The normalized spacial score (nSPS) is 19.3. The third kappa shape index (κ3) is 2.82. The third-order valence-corrected chi connectivity index (χ3v) is 5.27. The van der Waals surface area contributed by atoms with Gasteiger partial charge in [0.05, 0.1) is 7.11 Å². The summed E-state index contributed by atoms with van der Waals surface area (Å²) in [6, 6.07) is 7.61. The second-order valence-corrected chi connectivity index (χ2v) is 7.30. The standard InChI is InChI=1S/C18H20N4O2S/c1-3-25-18-20-17-19-13-5-4-6-14(23)15(13)16(22(17)21-18)11-7-9-12(24-2)10-8-11/h7-10,16H,3-6H2,1-2H3,(H,19,20,21)/t16-/m1/s1. The molecule has 2 aliphatic rings. The highest BCUT2D eigenvalue weighted by Gasteiger charge is 2.36. The van der Waals surface area contributed by atoms with Gasteiger partial charge in [-0.3, -0.25) is 4.79 Å². The maximum atomic E-state index is 12.7. The zero-order valence-corrected chi connectivity index (χ0v) is 15.1. The predicted octanol–water partition coefficient (Wildman–Crippen LogP) is 3.42. The van der Waals surface area contributed by atoms with E-state index in [4.69, 9.17) is 4.74 Å². The zero-order chi connectivity index (χ0) is 17.4. The number of rotatable bonds is 4. The van der Waals surface area contributed by atoms with Crippen LogP contribution in [0, 0.1) is 0 Å². The van der Waals surface area contributed by atoms with Crippen LogP contribution >= 0.6 is 11.8 Å². The van der Waals surface area contributed by atoms with Gasteiger partial charge in [-0.15, -0.1) is 5.10 Å². The molecular formula is C18H20N4O2S. The minimum atomic E-state index is -0.233. The maximum Gasteiger partial charge on any atom is 0.227 e. The average Bonchev–Trinajstić information content (AvgIpc) is 3.02. The van der Waals surface area contributed by atoms with Gasteiger partial charge >= 0.3 is 0 Å². The highest BCUT2D eigenvalue weighted by molar-refractivity contribution is 7.99. The Balaban J connectivity index is 1.84. The lowest BCUT2D eigenvalue weighted by Crippen LogP contribution is -2.31. The molecule has 2 heterocycles. The number of nitrogens with one attached hydrogen (secondary N) is 1. The molecule has 2 aromatic rings. The van der Waals surface area contributed by atoms with E-state index in [1.807, 2.05) is 28.9 Å². The predicted molar refractivity (Wildman–Crippen MR) is 97.1 cm³/mol. The molecular weight excluding hydrogens is 336 g/mol. The Morgan fingerprint density at radius 3 is 2.84 bits per heavy atom. The van der Waals surface area contributed by atoms with E-state index in [0.717, 1.165) is 46.3 Å². The monoisotopic (exact) mass is 356 g/mol. The lowest BCUT2D eigenvalue weighted by Gasteiger charge is -2.32. The van der Waals surface area contributed by atoms with Crippen molar-refractivity contribution in [3.63, 3.8) is 0 Å². The molecule has 130 valence electrons. The third-order valence-electron chi connectivity index (χ3n) is 4.55. The van der Waals surface area contributed by atoms with Gasteiger partial charge in [0.15, 0.2) is 5.78 Å². The maximum absolute atomic E-state index is 12.7. The van der Waals surface area contributed by atoms with Crippen molar-refractivity contribution in [2.75, 3.05) is 18.2 Å². The number of Topliss-reactive ketones (excluding diaryl/α,β-unsaturated/α-hetero) is 1. The van der Waals surface area contributed by atoms with Crippen LogP contribution in [0.2, 0.25) is 0 Å².